The maximum Gasteiger partial charge on any atom is 0.352 e. The van der Waals surface area contributed by atoms with Crippen LogP contribution in [0.5, 0.6) is 0 Å². The largest absolute Gasteiger partial charge is 0.477 e. The molecule has 0 saturated heterocycles. The van der Waals surface area contributed by atoms with Gasteiger partial charge >= 0.3 is 5.97 Å². The number of benzene rings is 1. The first kappa shape index (κ1) is 12.4. The Bertz CT molecular complexity index is 718. The van der Waals surface area contributed by atoms with Crippen molar-refractivity contribution >= 4 is 11.9 Å². The van der Waals surface area contributed by atoms with Crippen LogP contribution in [0, 0.1) is 13.8 Å². The van der Waals surface area contributed by atoms with Gasteiger partial charge in [0.25, 0.3) is 0 Å². The lowest BCUT2D eigenvalue weighted by Gasteiger charge is -2.23. The average Bonchev–Trinajstić information content (AvgIpc) is 2.89. The van der Waals surface area contributed by atoms with Crippen molar-refractivity contribution in [2.75, 3.05) is 5.32 Å². The molecule has 1 aromatic carbocycles. The van der Waals surface area contributed by atoms with Crippen molar-refractivity contribution < 1.29 is 9.90 Å². The summed E-state index contributed by atoms with van der Waals surface area (Å²) in [6.45, 7) is 4.07. The Labute approximate surface area is 115 Å². The van der Waals surface area contributed by atoms with Crippen LogP contribution in [0.15, 0.2) is 36.3 Å². The molecule has 0 saturated carbocycles. The summed E-state index contributed by atoms with van der Waals surface area (Å²) in [7, 11) is 0. The average molecular weight is 270 g/mol. The molecule has 0 unspecified atom stereocenters. The minimum absolute atomic E-state index is 0.119. The van der Waals surface area contributed by atoms with Gasteiger partial charge < -0.3 is 10.4 Å². The van der Waals surface area contributed by atoms with Crippen LogP contribution in [0.1, 0.15) is 22.7 Å². The number of carboxylic acid groups (broad SMARTS) is 1. The molecule has 2 heterocycles. The number of carboxylic acids is 1. The Morgan fingerprint density at radius 2 is 2.15 bits per heavy atom. The zero-order valence-corrected chi connectivity index (χ0v) is 11.2. The first-order chi connectivity index (χ1) is 9.56. The maximum atomic E-state index is 11.2. The van der Waals surface area contributed by atoms with E-state index in [-0.39, 0.29) is 11.7 Å². The van der Waals surface area contributed by atoms with Gasteiger partial charge in [0.1, 0.15) is 18.1 Å². The molecule has 1 aliphatic heterocycles. The summed E-state index contributed by atoms with van der Waals surface area (Å²) in [4.78, 5) is 15.2. The lowest BCUT2D eigenvalue weighted by Crippen LogP contribution is -2.24. The van der Waals surface area contributed by atoms with Gasteiger partial charge in [0.2, 0.25) is 5.95 Å². The first-order valence-electron chi connectivity index (χ1n) is 6.25. The predicted octanol–water partition coefficient (Wildman–Crippen LogP) is 1.88. The fourth-order valence-electron chi connectivity index (χ4n) is 2.24. The minimum Gasteiger partial charge on any atom is -0.477 e. The van der Waals surface area contributed by atoms with E-state index in [1.54, 1.807) is 10.8 Å². The van der Waals surface area contributed by atoms with Crippen LogP contribution in [0.2, 0.25) is 0 Å². The number of allylic oxidation sites excluding steroid dienone is 1. The van der Waals surface area contributed by atoms with E-state index in [0.717, 1.165) is 11.1 Å². The predicted molar refractivity (Wildman–Crippen MR) is 73.4 cm³/mol. The molecule has 2 aromatic rings. The highest BCUT2D eigenvalue weighted by molar-refractivity contribution is 5.90. The van der Waals surface area contributed by atoms with Gasteiger partial charge in [-0.15, -0.1) is 0 Å². The molecule has 3 rings (SSSR count). The van der Waals surface area contributed by atoms with Gasteiger partial charge in [-0.3, -0.25) is 0 Å². The molecule has 0 amide bonds. The number of nitrogens with zero attached hydrogens (tertiary/aromatic N) is 3. The van der Waals surface area contributed by atoms with Gasteiger partial charge in [-0.1, -0.05) is 18.2 Å². The van der Waals surface area contributed by atoms with E-state index < -0.39 is 5.97 Å². The quantitative estimate of drug-likeness (QED) is 0.871. The summed E-state index contributed by atoms with van der Waals surface area (Å²) < 4.78 is 1.68. The summed E-state index contributed by atoms with van der Waals surface area (Å²) >= 11 is 0. The summed E-state index contributed by atoms with van der Waals surface area (Å²) in [6.07, 6.45) is 3.06. The van der Waals surface area contributed by atoms with Crippen LogP contribution >= 0.6 is 0 Å². The first-order valence-corrected chi connectivity index (χ1v) is 6.25. The zero-order chi connectivity index (χ0) is 14.3. The van der Waals surface area contributed by atoms with Crippen molar-refractivity contribution in [3.63, 3.8) is 0 Å². The highest BCUT2D eigenvalue weighted by atomic mass is 16.4. The Balaban J connectivity index is 2.11. The van der Waals surface area contributed by atoms with E-state index in [9.17, 15) is 9.90 Å². The fraction of sp³-hybridized carbons (Fsp3) is 0.214. The second-order valence-electron chi connectivity index (χ2n) is 4.83. The van der Waals surface area contributed by atoms with Gasteiger partial charge in [-0.25, -0.2) is 9.48 Å². The normalized spacial score (nSPS) is 17.1. The molecule has 0 bridgehead atoms. The second kappa shape index (κ2) is 4.48. The molecule has 0 aliphatic carbocycles. The Kier molecular flexibility index (Phi) is 2.78. The van der Waals surface area contributed by atoms with Crippen LogP contribution in [0.4, 0.5) is 5.95 Å². The molecule has 102 valence electrons. The number of anilines is 1. The van der Waals surface area contributed by atoms with E-state index in [1.165, 1.54) is 11.9 Å². The second-order valence-corrected chi connectivity index (χ2v) is 4.83. The molecule has 1 aromatic heterocycles. The van der Waals surface area contributed by atoms with Crippen LogP contribution in [-0.2, 0) is 4.79 Å². The highest BCUT2D eigenvalue weighted by Gasteiger charge is 2.25. The lowest BCUT2D eigenvalue weighted by atomic mass is 9.99. The van der Waals surface area contributed by atoms with Crippen LogP contribution in [-0.4, -0.2) is 25.8 Å². The van der Waals surface area contributed by atoms with Crippen molar-refractivity contribution in [2.24, 2.45) is 0 Å². The smallest absolute Gasteiger partial charge is 0.352 e. The zero-order valence-electron chi connectivity index (χ0n) is 11.2. The Morgan fingerprint density at radius 1 is 1.35 bits per heavy atom. The van der Waals surface area contributed by atoms with Crippen molar-refractivity contribution in [1.29, 1.82) is 0 Å². The number of aliphatic carboxylic acids is 1. The van der Waals surface area contributed by atoms with Crippen molar-refractivity contribution in [3.05, 3.63) is 53.0 Å². The molecule has 1 aliphatic rings. The monoisotopic (exact) mass is 270 g/mol. The summed E-state index contributed by atoms with van der Waals surface area (Å²) in [5, 5.41) is 16.1. The standard InChI is InChI=1S/C14H14N4O2/c1-8-3-4-10(5-9(8)2)12-6-11(13(19)20)17-14-15-7-16-18(12)14/h3-7,12H,1-2H3,(H,19,20)(H,15,16,17)/t12-/m1/s1. The Morgan fingerprint density at radius 3 is 2.85 bits per heavy atom. The third-order valence-electron chi connectivity index (χ3n) is 3.51. The van der Waals surface area contributed by atoms with E-state index in [2.05, 4.69) is 15.4 Å². The Hall–Kier alpha value is -2.63. The number of aromatic nitrogens is 3. The van der Waals surface area contributed by atoms with Crippen LogP contribution < -0.4 is 5.32 Å². The van der Waals surface area contributed by atoms with Crippen LogP contribution in [0.3, 0.4) is 0 Å². The summed E-state index contributed by atoms with van der Waals surface area (Å²) in [5.41, 5.74) is 3.46. The number of hydrogen-bond donors (Lipinski definition) is 2. The molecule has 6 heteroatoms. The summed E-state index contributed by atoms with van der Waals surface area (Å²) in [6, 6.07) is 5.79. The van der Waals surface area contributed by atoms with E-state index >= 15 is 0 Å². The molecule has 20 heavy (non-hydrogen) atoms. The molecule has 0 radical (unpaired) electrons. The molecule has 0 fully saturated rings. The van der Waals surface area contributed by atoms with E-state index in [0.29, 0.717) is 5.95 Å². The van der Waals surface area contributed by atoms with E-state index in [1.807, 2.05) is 32.0 Å². The van der Waals surface area contributed by atoms with Gasteiger partial charge in [-0.05, 0) is 36.6 Å². The highest BCUT2D eigenvalue weighted by Crippen LogP contribution is 2.29. The molecule has 1 atom stereocenters. The molecule has 6 nitrogen and oxygen atoms in total. The minimum atomic E-state index is -1.01. The third kappa shape index (κ3) is 1.95. The van der Waals surface area contributed by atoms with Crippen molar-refractivity contribution in [3.8, 4) is 0 Å². The number of nitrogens with one attached hydrogen (secondary N) is 1. The number of fused-ring (bicyclic) bond motifs is 1. The topological polar surface area (TPSA) is 80.0 Å². The number of rotatable bonds is 2. The summed E-state index contributed by atoms with van der Waals surface area (Å²) in [5.74, 6) is -0.568. The SMILES string of the molecule is Cc1ccc([C@H]2C=C(C(=O)O)Nc3ncnn32)cc1C. The number of aryl methyl sites for hydroxylation is 2. The van der Waals surface area contributed by atoms with Crippen LogP contribution in [0.25, 0.3) is 0 Å². The third-order valence-corrected chi connectivity index (χ3v) is 3.51. The number of carbonyl (C=O) groups is 1. The molecular weight excluding hydrogens is 256 g/mol. The van der Waals surface area contributed by atoms with E-state index in [4.69, 9.17) is 0 Å². The molecular formula is C14H14N4O2. The molecule has 0 spiro atoms. The van der Waals surface area contributed by atoms with Gasteiger partial charge in [0.05, 0.1) is 0 Å². The number of hydrogen-bond acceptors (Lipinski definition) is 4. The van der Waals surface area contributed by atoms with Gasteiger partial charge in [0.15, 0.2) is 0 Å². The molecule has 2 N–H and O–H groups in total. The lowest BCUT2D eigenvalue weighted by molar-refractivity contribution is -0.132. The maximum absolute atomic E-state index is 11.2. The van der Waals surface area contributed by atoms with Gasteiger partial charge in [-0.2, -0.15) is 10.1 Å². The fourth-order valence-corrected chi connectivity index (χ4v) is 2.24. The van der Waals surface area contributed by atoms with Crippen molar-refractivity contribution in [1.82, 2.24) is 14.8 Å². The van der Waals surface area contributed by atoms with Crippen molar-refractivity contribution in [2.45, 2.75) is 19.9 Å². The van der Waals surface area contributed by atoms with Gasteiger partial charge in [0, 0.05) is 0 Å².